The van der Waals surface area contributed by atoms with Crippen LogP contribution in [-0.4, -0.2) is 31.5 Å². The van der Waals surface area contributed by atoms with Crippen molar-refractivity contribution in [3.63, 3.8) is 0 Å². The van der Waals surface area contributed by atoms with Crippen LogP contribution in [-0.2, 0) is 17.9 Å². The van der Waals surface area contributed by atoms with E-state index in [0.29, 0.717) is 35.8 Å². The summed E-state index contributed by atoms with van der Waals surface area (Å²) in [6, 6.07) is 11.8. The molecule has 0 bridgehead atoms. The molecule has 7 nitrogen and oxygen atoms in total. The molecule has 0 radical (unpaired) electrons. The van der Waals surface area contributed by atoms with E-state index >= 15 is 0 Å². The van der Waals surface area contributed by atoms with Crippen molar-refractivity contribution in [3.05, 3.63) is 58.6 Å². The average Bonchev–Trinajstić information content (AvgIpc) is 3.06. The number of pyridine rings is 1. The third kappa shape index (κ3) is 3.18. The Labute approximate surface area is 162 Å². The van der Waals surface area contributed by atoms with Crippen molar-refractivity contribution in [1.82, 2.24) is 24.4 Å². The first-order valence-corrected chi connectivity index (χ1v) is 9.42. The number of hydrogen-bond acceptors (Lipinski definition) is 5. The normalized spacial score (nSPS) is 11.7. The van der Waals surface area contributed by atoms with Gasteiger partial charge in [0.05, 0.1) is 17.9 Å². The van der Waals surface area contributed by atoms with Crippen molar-refractivity contribution in [3.8, 4) is 11.1 Å². The highest BCUT2D eigenvalue weighted by Crippen LogP contribution is 2.28. The molecule has 0 spiro atoms. The molecule has 3 aromatic heterocycles. The number of methoxy groups -OCH3 is 1. The fraction of sp³-hybridized carbons (Fsp3) is 0.333. The smallest absolute Gasteiger partial charge is 0.280 e. The van der Waals surface area contributed by atoms with Gasteiger partial charge in [-0.1, -0.05) is 44.2 Å². The predicted octanol–water partition coefficient (Wildman–Crippen LogP) is 3.30. The summed E-state index contributed by atoms with van der Waals surface area (Å²) in [4.78, 5) is 12.9. The quantitative estimate of drug-likeness (QED) is 0.515. The van der Waals surface area contributed by atoms with Gasteiger partial charge in [-0.05, 0) is 24.0 Å². The Kier molecular flexibility index (Phi) is 4.92. The van der Waals surface area contributed by atoms with E-state index in [-0.39, 0.29) is 5.56 Å². The minimum atomic E-state index is -0.141. The highest BCUT2D eigenvalue weighted by atomic mass is 16.5. The molecule has 3 heterocycles. The summed E-state index contributed by atoms with van der Waals surface area (Å²) in [6.07, 6.45) is 2.74. The number of aryl methyl sites for hydroxylation is 1. The van der Waals surface area contributed by atoms with Crippen LogP contribution < -0.4 is 5.56 Å². The molecule has 0 aliphatic rings. The number of ether oxygens (including phenoxy) is 1. The lowest BCUT2D eigenvalue weighted by Gasteiger charge is -2.09. The van der Waals surface area contributed by atoms with Crippen molar-refractivity contribution in [2.24, 2.45) is 5.92 Å². The molecular formula is C21H23N5O2. The fourth-order valence-corrected chi connectivity index (χ4v) is 3.34. The van der Waals surface area contributed by atoms with Crippen LogP contribution in [0.1, 0.15) is 26.0 Å². The lowest BCUT2D eigenvalue weighted by atomic mass is 10.1. The monoisotopic (exact) mass is 377 g/mol. The summed E-state index contributed by atoms with van der Waals surface area (Å²) in [7, 11) is 1.63. The zero-order valence-corrected chi connectivity index (χ0v) is 16.3. The topological polar surface area (TPSA) is 74.3 Å². The van der Waals surface area contributed by atoms with Crippen LogP contribution in [0.25, 0.3) is 27.8 Å². The second-order valence-corrected chi connectivity index (χ2v) is 7.29. The zero-order valence-electron chi connectivity index (χ0n) is 16.3. The van der Waals surface area contributed by atoms with Crippen molar-refractivity contribution in [2.75, 3.05) is 7.11 Å². The zero-order chi connectivity index (χ0) is 19.7. The molecule has 0 aliphatic carbocycles. The number of benzene rings is 1. The van der Waals surface area contributed by atoms with Gasteiger partial charge < -0.3 is 9.30 Å². The van der Waals surface area contributed by atoms with Gasteiger partial charge in [0.1, 0.15) is 5.52 Å². The first kappa shape index (κ1) is 18.3. The molecule has 4 rings (SSSR count). The molecule has 0 N–H and O–H groups in total. The molecule has 0 fully saturated rings. The Hall–Kier alpha value is -3.06. The van der Waals surface area contributed by atoms with Crippen LogP contribution in [0.3, 0.4) is 0 Å². The van der Waals surface area contributed by atoms with Gasteiger partial charge in [0.15, 0.2) is 11.2 Å². The van der Waals surface area contributed by atoms with E-state index in [1.807, 2.05) is 42.6 Å². The van der Waals surface area contributed by atoms with Gasteiger partial charge in [0, 0.05) is 19.9 Å². The molecule has 28 heavy (non-hydrogen) atoms. The summed E-state index contributed by atoms with van der Waals surface area (Å²) in [5, 5.41) is 13.3. The minimum Gasteiger partial charge on any atom is -0.378 e. The molecule has 7 heteroatoms. The highest BCUT2D eigenvalue weighted by molar-refractivity contribution is 5.84. The number of aromatic nitrogens is 5. The van der Waals surface area contributed by atoms with E-state index in [4.69, 9.17) is 9.84 Å². The van der Waals surface area contributed by atoms with Crippen molar-refractivity contribution in [1.29, 1.82) is 0 Å². The Morgan fingerprint density at radius 2 is 1.89 bits per heavy atom. The number of nitrogens with zero attached hydrogens (tertiary/aromatic N) is 5. The second-order valence-electron chi connectivity index (χ2n) is 7.29. The molecule has 4 aromatic rings. The van der Waals surface area contributed by atoms with Gasteiger partial charge in [-0.2, -0.15) is 5.10 Å². The highest BCUT2D eigenvalue weighted by Gasteiger charge is 2.19. The maximum atomic E-state index is 12.9. The van der Waals surface area contributed by atoms with Gasteiger partial charge in [0.2, 0.25) is 0 Å². The van der Waals surface area contributed by atoms with E-state index < -0.39 is 0 Å². The molecule has 0 unspecified atom stereocenters. The van der Waals surface area contributed by atoms with Crippen LogP contribution in [0.5, 0.6) is 0 Å². The molecule has 0 atom stereocenters. The maximum absolute atomic E-state index is 12.9. The first-order chi connectivity index (χ1) is 13.6. The lowest BCUT2D eigenvalue weighted by Crippen LogP contribution is -2.22. The van der Waals surface area contributed by atoms with E-state index in [1.54, 1.807) is 16.2 Å². The summed E-state index contributed by atoms with van der Waals surface area (Å²) in [5.41, 5.74) is 4.08. The molecule has 0 saturated carbocycles. The Bertz CT molecular complexity index is 1180. The number of fused-ring (bicyclic) bond motifs is 3. The average molecular weight is 377 g/mol. The van der Waals surface area contributed by atoms with Gasteiger partial charge in [-0.3, -0.25) is 4.79 Å². The third-order valence-corrected chi connectivity index (χ3v) is 4.82. The molecule has 1 aromatic carbocycles. The minimum absolute atomic E-state index is 0.141. The molecular weight excluding hydrogens is 354 g/mol. The lowest BCUT2D eigenvalue weighted by molar-refractivity contribution is 0.181. The van der Waals surface area contributed by atoms with Crippen molar-refractivity contribution >= 4 is 16.7 Å². The van der Waals surface area contributed by atoms with E-state index in [0.717, 1.165) is 23.2 Å². The standard InChI is InChI=1S/C21H23N5O2/c1-14(2)9-11-25-12-10-17-19(21(25)27)22-23-20-18(15-7-5-4-6-8-15)16(13-28-3)24-26(17)20/h4-8,10,12,14H,9,11,13H2,1-3H3. The van der Waals surface area contributed by atoms with E-state index in [9.17, 15) is 4.79 Å². The van der Waals surface area contributed by atoms with Gasteiger partial charge in [-0.25, -0.2) is 4.52 Å². The van der Waals surface area contributed by atoms with Crippen molar-refractivity contribution < 1.29 is 4.74 Å². The number of hydrogen-bond donors (Lipinski definition) is 0. The Morgan fingerprint density at radius 3 is 2.61 bits per heavy atom. The van der Waals surface area contributed by atoms with Crippen LogP contribution in [0.4, 0.5) is 0 Å². The summed E-state index contributed by atoms with van der Waals surface area (Å²) >= 11 is 0. The molecule has 0 saturated heterocycles. The Morgan fingerprint density at radius 1 is 1.11 bits per heavy atom. The third-order valence-electron chi connectivity index (χ3n) is 4.82. The van der Waals surface area contributed by atoms with E-state index in [2.05, 4.69) is 24.0 Å². The molecule has 0 amide bonds. The van der Waals surface area contributed by atoms with Crippen LogP contribution in [0.15, 0.2) is 47.4 Å². The second kappa shape index (κ2) is 7.52. The largest absolute Gasteiger partial charge is 0.378 e. The predicted molar refractivity (Wildman–Crippen MR) is 108 cm³/mol. The fourth-order valence-electron chi connectivity index (χ4n) is 3.34. The van der Waals surface area contributed by atoms with Gasteiger partial charge in [0.25, 0.3) is 5.56 Å². The van der Waals surface area contributed by atoms with Crippen LogP contribution in [0, 0.1) is 5.92 Å². The number of rotatable bonds is 6. The Balaban J connectivity index is 1.93. The van der Waals surface area contributed by atoms with Crippen molar-refractivity contribution in [2.45, 2.75) is 33.4 Å². The summed E-state index contributed by atoms with van der Waals surface area (Å²) in [6.45, 7) is 5.29. The van der Waals surface area contributed by atoms with Gasteiger partial charge >= 0.3 is 0 Å². The molecule has 144 valence electrons. The molecule has 0 aliphatic heterocycles. The SMILES string of the molecule is COCc1nn2c(nnc3c(=O)n(CCC(C)C)ccc32)c1-c1ccccc1. The van der Waals surface area contributed by atoms with Crippen LogP contribution >= 0.6 is 0 Å². The summed E-state index contributed by atoms with van der Waals surface area (Å²) < 4.78 is 8.74. The van der Waals surface area contributed by atoms with E-state index in [1.165, 1.54) is 0 Å². The maximum Gasteiger partial charge on any atom is 0.280 e. The van der Waals surface area contributed by atoms with Gasteiger partial charge in [-0.15, -0.1) is 10.2 Å². The summed E-state index contributed by atoms with van der Waals surface area (Å²) in [5.74, 6) is 0.521. The first-order valence-electron chi connectivity index (χ1n) is 9.42. The van der Waals surface area contributed by atoms with Crippen LogP contribution in [0.2, 0.25) is 0 Å².